The first kappa shape index (κ1) is 23.8. The molecule has 5 nitrogen and oxygen atoms in total. The largest absolute Gasteiger partial charge is 0.422 e. The lowest BCUT2D eigenvalue weighted by atomic mass is 10.1. The van der Waals surface area contributed by atoms with Gasteiger partial charge in [-0.15, -0.1) is 0 Å². The molecular weight excluding hydrogens is 426 g/mol. The molecular formula is C26H22F2N2O3. The third kappa shape index (κ3) is 6.79. The topological polar surface area (TPSA) is 72.2 Å². The quantitative estimate of drug-likeness (QED) is 0.242. The summed E-state index contributed by atoms with van der Waals surface area (Å²) in [7, 11) is 1.71. The van der Waals surface area contributed by atoms with Crippen LogP contribution in [0.15, 0.2) is 54.7 Å². The number of nitrogens with zero attached hydrogens (tertiary/aromatic N) is 2. The van der Waals surface area contributed by atoms with Crippen molar-refractivity contribution in [2.75, 3.05) is 13.7 Å². The lowest BCUT2D eigenvalue weighted by molar-refractivity contribution is 0.0727. The molecule has 0 saturated carbocycles. The second-order valence-electron chi connectivity index (χ2n) is 7.26. The van der Waals surface area contributed by atoms with Crippen molar-refractivity contribution >= 4 is 18.1 Å². The van der Waals surface area contributed by atoms with Gasteiger partial charge in [0.1, 0.15) is 34.7 Å². The number of carbonyl (C=O) groups excluding carboxylic acids is 1. The molecule has 0 spiro atoms. The zero-order chi connectivity index (χ0) is 23.6. The van der Waals surface area contributed by atoms with Crippen molar-refractivity contribution in [3.63, 3.8) is 0 Å². The van der Waals surface area contributed by atoms with Crippen molar-refractivity contribution in [2.45, 2.75) is 19.3 Å². The third-order valence-corrected chi connectivity index (χ3v) is 4.85. The third-order valence-electron chi connectivity index (χ3n) is 4.85. The number of hydrogen-bond donors (Lipinski definition) is 0. The first-order valence-electron chi connectivity index (χ1n) is 10.3. The van der Waals surface area contributed by atoms with Crippen LogP contribution in [0.5, 0.6) is 5.75 Å². The average molecular weight is 448 g/mol. The van der Waals surface area contributed by atoms with Crippen molar-refractivity contribution < 1.29 is 23.0 Å². The molecule has 0 N–H and O–H groups in total. The predicted octanol–water partition coefficient (Wildman–Crippen LogP) is 5.59. The number of aryl methyl sites for hydroxylation is 1. The number of unbranched alkanes of at least 4 members (excludes halogenated alkanes) is 1. The summed E-state index contributed by atoms with van der Waals surface area (Å²) in [6, 6.07) is 14.4. The van der Waals surface area contributed by atoms with E-state index in [9.17, 15) is 13.6 Å². The van der Waals surface area contributed by atoms with Gasteiger partial charge in [0.25, 0.3) is 0 Å². The van der Waals surface area contributed by atoms with Crippen molar-refractivity contribution in [3.05, 3.63) is 94.3 Å². The number of hydrogen-bond acceptors (Lipinski definition) is 5. The second kappa shape index (κ2) is 11.7. The van der Waals surface area contributed by atoms with Crippen LogP contribution in [0.4, 0.5) is 8.78 Å². The van der Waals surface area contributed by atoms with Gasteiger partial charge in [0.2, 0.25) is 0 Å². The van der Waals surface area contributed by atoms with E-state index in [2.05, 4.69) is 17.1 Å². The maximum absolute atomic E-state index is 13.7. The number of halogens is 2. The predicted molar refractivity (Wildman–Crippen MR) is 120 cm³/mol. The van der Waals surface area contributed by atoms with Crippen LogP contribution in [0.2, 0.25) is 0 Å². The normalized spacial score (nSPS) is 10.8. The molecule has 0 aliphatic rings. The first-order chi connectivity index (χ1) is 16.0. The number of aromatic nitrogens is 1. The van der Waals surface area contributed by atoms with E-state index in [4.69, 9.17) is 14.7 Å². The number of pyridine rings is 1. The van der Waals surface area contributed by atoms with Crippen LogP contribution in [-0.4, -0.2) is 24.7 Å². The Labute approximate surface area is 190 Å². The lowest BCUT2D eigenvalue weighted by Crippen LogP contribution is -2.11. The molecule has 0 fully saturated rings. The smallest absolute Gasteiger partial charge is 0.362 e. The van der Waals surface area contributed by atoms with Crippen LogP contribution in [0.3, 0.4) is 0 Å². The van der Waals surface area contributed by atoms with E-state index in [1.165, 1.54) is 23.9 Å². The van der Waals surface area contributed by atoms with Gasteiger partial charge in [-0.1, -0.05) is 42.5 Å². The molecule has 0 aliphatic heterocycles. The summed E-state index contributed by atoms with van der Waals surface area (Å²) in [5.41, 5.74) is 2.32. The van der Waals surface area contributed by atoms with E-state index in [1.54, 1.807) is 13.2 Å². The number of methoxy groups -OCH3 is 1. The fourth-order valence-corrected chi connectivity index (χ4v) is 3.06. The highest BCUT2D eigenvalue weighted by Gasteiger charge is 2.15. The van der Waals surface area contributed by atoms with Gasteiger partial charge in [0, 0.05) is 32.0 Å². The Bertz CT molecular complexity index is 1140. The molecule has 0 atom stereocenters. The van der Waals surface area contributed by atoms with E-state index in [0.29, 0.717) is 0 Å². The summed E-state index contributed by atoms with van der Waals surface area (Å²) in [6.45, 7) is 0.776. The molecule has 0 unspecified atom stereocenters. The van der Waals surface area contributed by atoms with Crippen molar-refractivity contribution in [1.82, 2.24) is 4.98 Å². The molecule has 3 rings (SSSR count). The second-order valence-corrected chi connectivity index (χ2v) is 7.26. The van der Waals surface area contributed by atoms with Crippen LogP contribution >= 0.6 is 0 Å². The van der Waals surface area contributed by atoms with E-state index >= 15 is 0 Å². The molecule has 0 radical (unpaired) electrons. The standard InChI is InChI=1S/C26H22F2N2O3/c1-32-13-3-2-4-18-5-7-19(8-6-18)9-10-20-11-12-25(30-17-20)26(31)33-21-14-23(27)22(16-29)24(28)15-21/h5-12,14-15,17H,2-4,13H2,1H3/b10-9+. The van der Waals surface area contributed by atoms with Crippen LogP contribution in [0.25, 0.3) is 12.2 Å². The highest BCUT2D eigenvalue weighted by Crippen LogP contribution is 2.21. The highest BCUT2D eigenvalue weighted by molar-refractivity contribution is 5.89. The number of ether oxygens (including phenoxy) is 2. The Morgan fingerprint density at radius 3 is 2.30 bits per heavy atom. The Morgan fingerprint density at radius 2 is 1.70 bits per heavy atom. The maximum atomic E-state index is 13.7. The van der Waals surface area contributed by atoms with Crippen LogP contribution < -0.4 is 4.74 Å². The van der Waals surface area contributed by atoms with E-state index < -0.39 is 23.2 Å². The number of esters is 1. The fourth-order valence-electron chi connectivity index (χ4n) is 3.06. The van der Waals surface area contributed by atoms with Crippen molar-refractivity contribution in [1.29, 1.82) is 5.26 Å². The Balaban J connectivity index is 1.58. The van der Waals surface area contributed by atoms with E-state index in [0.717, 1.165) is 49.1 Å². The molecule has 3 aromatic rings. The Kier molecular flexibility index (Phi) is 8.39. The molecule has 0 aliphatic carbocycles. The van der Waals surface area contributed by atoms with Gasteiger partial charge in [0.15, 0.2) is 0 Å². The van der Waals surface area contributed by atoms with Gasteiger partial charge in [-0.2, -0.15) is 5.26 Å². The molecule has 0 saturated heterocycles. The molecule has 0 bridgehead atoms. The number of carbonyl (C=O) groups is 1. The van der Waals surface area contributed by atoms with Crippen molar-refractivity contribution in [2.24, 2.45) is 0 Å². The summed E-state index contributed by atoms with van der Waals surface area (Å²) >= 11 is 0. The summed E-state index contributed by atoms with van der Waals surface area (Å²) < 4.78 is 37.4. The molecule has 1 heterocycles. The number of rotatable bonds is 9. The zero-order valence-electron chi connectivity index (χ0n) is 18.1. The molecule has 7 heteroatoms. The number of benzene rings is 2. The zero-order valence-corrected chi connectivity index (χ0v) is 18.1. The SMILES string of the molecule is COCCCCc1ccc(/C=C/c2ccc(C(=O)Oc3cc(F)c(C#N)c(F)c3)nc2)cc1. The molecule has 168 valence electrons. The van der Waals surface area contributed by atoms with Gasteiger partial charge in [-0.3, -0.25) is 0 Å². The molecule has 1 aromatic heterocycles. The van der Waals surface area contributed by atoms with Crippen LogP contribution in [-0.2, 0) is 11.2 Å². The highest BCUT2D eigenvalue weighted by atomic mass is 19.1. The summed E-state index contributed by atoms with van der Waals surface area (Å²) in [5.74, 6) is -3.42. The van der Waals surface area contributed by atoms with Gasteiger partial charge in [-0.25, -0.2) is 18.6 Å². The molecule has 2 aromatic carbocycles. The number of nitriles is 1. The van der Waals surface area contributed by atoms with Gasteiger partial charge in [0.05, 0.1) is 0 Å². The summed E-state index contributed by atoms with van der Waals surface area (Å²) in [4.78, 5) is 16.3. The minimum Gasteiger partial charge on any atom is -0.422 e. The van der Waals surface area contributed by atoms with Gasteiger partial charge >= 0.3 is 5.97 Å². The van der Waals surface area contributed by atoms with Crippen LogP contribution in [0.1, 0.15) is 45.6 Å². The maximum Gasteiger partial charge on any atom is 0.362 e. The minimum absolute atomic E-state index is 0.0184. The van der Waals surface area contributed by atoms with Gasteiger partial charge in [-0.05, 0) is 42.0 Å². The minimum atomic E-state index is -1.10. The Hall–Kier alpha value is -3.89. The Morgan fingerprint density at radius 1 is 1.03 bits per heavy atom. The van der Waals surface area contributed by atoms with Gasteiger partial charge < -0.3 is 9.47 Å². The van der Waals surface area contributed by atoms with E-state index in [-0.39, 0.29) is 11.4 Å². The van der Waals surface area contributed by atoms with Crippen molar-refractivity contribution in [3.8, 4) is 11.8 Å². The fraction of sp³-hybridized carbons (Fsp3) is 0.192. The molecule has 33 heavy (non-hydrogen) atoms. The summed E-state index contributed by atoms with van der Waals surface area (Å²) in [5, 5.41) is 8.70. The average Bonchev–Trinajstić information content (AvgIpc) is 2.81. The first-order valence-corrected chi connectivity index (χ1v) is 10.3. The monoisotopic (exact) mass is 448 g/mol. The van der Waals surface area contributed by atoms with Crippen LogP contribution in [0, 0.1) is 23.0 Å². The summed E-state index contributed by atoms with van der Waals surface area (Å²) in [6.07, 6.45) is 8.43. The van der Waals surface area contributed by atoms with E-state index in [1.807, 2.05) is 24.3 Å². The molecule has 0 amide bonds. The lowest BCUT2D eigenvalue weighted by Gasteiger charge is -2.05.